The van der Waals surface area contributed by atoms with Gasteiger partial charge in [-0.1, -0.05) is 24.3 Å². The Balaban J connectivity index is 1.53. The second kappa shape index (κ2) is 7.13. The van der Waals surface area contributed by atoms with Crippen LogP contribution in [-0.2, 0) is 22.6 Å². The Morgan fingerprint density at radius 1 is 1.25 bits per heavy atom. The number of benzene rings is 1. The summed E-state index contributed by atoms with van der Waals surface area (Å²) < 4.78 is 0. The van der Waals surface area contributed by atoms with E-state index in [4.69, 9.17) is 0 Å². The molecule has 2 aliphatic rings. The minimum Gasteiger partial charge on any atom is -0.349 e. The highest BCUT2D eigenvalue weighted by Crippen LogP contribution is 2.20. The molecule has 0 fully saturated rings. The Kier molecular flexibility index (Phi) is 4.94. The van der Waals surface area contributed by atoms with E-state index in [1.807, 2.05) is 0 Å². The van der Waals surface area contributed by atoms with Gasteiger partial charge in [0.2, 0.25) is 5.91 Å². The molecule has 24 heavy (non-hydrogen) atoms. The van der Waals surface area contributed by atoms with E-state index in [1.54, 1.807) is 7.05 Å². The van der Waals surface area contributed by atoms with E-state index < -0.39 is 0 Å². The van der Waals surface area contributed by atoms with Crippen LogP contribution >= 0.6 is 0 Å². The topological polar surface area (TPSA) is 65.0 Å². The standard InChI is InChI=1S/C18H24N4O2/c1-13(22-10-9-14-5-3-4-6-15(14)12-22)11-19-18(24)16-7-8-17(23)21(2)20-16/h3-6,13H,7-12H2,1-2H3,(H,19,24). The smallest absolute Gasteiger partial charge is 0.267 e. The van der Waals surface area contributed by atoms with E-state index in [1.165, 1.54) is 16.1 Å². The number of carbonyl (C=O) groups is 2. The van der Waals surface area contributed by atoms with Gasteiger partial charge in [-0.15, -0.1) is 0 Å². The second-order valence-corrected chi connectivity index (χ2v) is 6.51. The molecule has 0 aliphatic carbocycles. The summed E-state index contributed by atoms with van der Waals surface area (Å²) in [6, 6.07) is 8.79. The number of hydrogen-bond donors (Lipinski definition) is 1. The molecule has 0 bridgehead atoms. The van der Waals surface area contributed by atoms with Crippen LogP contribution < -0.4 is 5.32 Å². The van der Waals surface area contributed by atoms with E-state index >= 15 is 0 Å². The van der Waals surface area contributed by atoms with E-state index in [-0.39, 0.29) is 17.9 Å². The zero-order chi connectivity index (χ0) is 17.1. The van der Waals surface area contributed by atoms with Gasteiger partial charge in [-0.3, -0.25) is 14.5 Å². The molecule has 6 heteroatoms. The molecule has 1 unspecified atom stereocenters. The van der Waals surface area contributed by atoms with Crippen molar-refractivity contribution in [2.24, 2.45) is 5.10 Å². The number of carbonyl (C=O) groups excluding carboxylic acids is 2. The van der Waals surface area contributed by atoms with Gasteiger partial charge in [0.05, 0.1) is 0 Å². The summed E-state index contributed by atoms with van der Waals surface area (Å²) in [7, 11) is 1.59. The van der Waals surface area contributed by atoms with Gasteiger partial charge in [0, 0.05) is 45.6 Å². The molecule has 1 atom stereocenters. The summed E-state index contributed by atoms with van der Waals surface area (Å²) in [5, 5.41) is 8.27. The Morgan fingerprint density at radius 2 is 2.00 bits per heavy atom. The van der Waals surface area contributed by atoms with Crippen molar-refractivity contribution in [2.75, 3.05) is 20.1 Å². The maximum atomic E-state index is 12.2. The molecule has 2 aliphatic heterocycles. The lowest BCUT2D eigenvalue weighted by atomic mass is 9.99. The van der Waals surface area contributed by atoms with Gasteiger partial charge >= 0.3 is 0 Å². The molecule has 6 nitrogen and oxygen atoms in total. The number of hydrogen-bond acceptors (Lipinski definition) is 4. The van der Waals surface area contributed by atoms with Crippen molar-refractivity contribution in [3.05, 3.63) is 35.4 Å². The Bertz CT molecular complexity index is 671. The lowest BCUT2D eigenvalue weighted by Gasteiger charge is -2.33. The molecule has 1 aromatic rings. The van der Waals surface area contributed by atoms with Crippen LogP contribution in [-0.4, -0.2) is 53.6 Å². The number of nitrogens with zero attached hydrogens (tertiary/aromatic N) is 3. The summed E-state index contributed by atoms with van der Waals surface area (Å²) in [5.74, 6) is -0.217. The third kappa shape index (κ3) is 3.64. The van der Waals surface area contributed by atoms with Crippen LogP contribution in [0, 0.1) is 0 Å². The van der Waals surface area contributed by atoms with Gasteiger partial charge in [-0.05, 0) is 24.5 Å². The second-order valence-electron chi connectivity index (χ2n) is 6.51. The van der Waals surface area contributed by atoms with Crippen LogP contribution in [0.2, 0.25) is 0 Å². The van der Waals surface area contributed by atoms with Gasteiger partial charge in [-0.25, -0.2) is 5.01 Å². The predicted octanol–water partition coefficient (Wildman–Crippen LogP) is 1.16. The predicted molar refractivity (Wildman–Crippen MR) is 92.5 cm³/mol. The van der Waals surface area contributed by atoms with Crippen molar-refractivity contribution in [2.45, 2.75) is 38.8 Å². The molecule has 2 heterocycles. The molecule has 128 valence electrons. The molecule has 0 saturated heterocycles. The van der Waals surface area contributed by atoms with Gasteiger partial charge in [0.25, 0.3) is 5.91 Å². The monoisotopic (exact) mass is 328 g/mol. The van der Waals surface area contributed by atoms with E-state index in [9.17, 15) is 9.59 Å². The first-order valence-corrected chi connectivity index (χ1v) is 8.47. The maximum absolute atomic E-state index is 12.2. The zero-order valence-electron chi connectivity index (χ0n) is 14.3. The van der Waals surface area contributed by atoms with Crippen molar-refractivity contribution >= 4 is 17.5 Å². The molecule has 2 amide bonds. The SMILES string of the molecule is CC(CNC(=O)C1=NN(C)C(=O)CC1)N1CCc2ccccc2C1. The van der Waals surface area contributed by atoms with Crippen LogP contribution in [0.5, 0.6) is 0 Å². The first-order valence-electron chi connectivity index (χ1n) is 8.47. The zero-order valence-corrected chi connectivity index (χ0v) is 14.3. The molecule has 0 radical (unpaired) electrons. The van der Waals surface area contributed by atoms with Crippen LogP contribution in [0.25, 0.3) is 0 Å². The van der Waals surface area contributed by atoms with Crippen molar-refractivity contribution in [1.29, 1.82) is 0 Å². The van der Waals surface area contributed by atoms with Crippen LogP contribution in [0.4, 0.5) is 0 Å². The summed E-state index contributed by atoms with van der Waals surface area (Å²) in [6.07, 6.45) is 1.82. The van der Waals surface area contributed by atoms with Crippen molar-refractivity contribution in [1.82, 2.24) is 15.2 Å². The number of rotatable bonds is 4. The lowest BCUT2D eigenvalue weighted by molar-refractivity contribution is -0.130. The quantitative estimate of drug-likeness (QED) is 0.902. The first-order chi connectivity index (χ1) is 11.5. The van der Waals surface area contributed by atoms with E-state index in [0.717, 1.165) is 19.5 Å². The van der Waals surface area contributed by atoms with Gasteiger partial charge < -0.3 is 5.32 Å². The van der Waals surface area contributed by atoms with Crippen LogP contribution in [0.1, 0.15) is 30.9 Å². The highest BCUT2D eigenvalue weighted by Gasteiger charge is 2.24. The summed E-state index contributed by atoms with van der Waals surface area (Å²) in [6.45, 7) is 4.64. The Morgan fingerprint density at radius 3 is 2.75 bits per heavy atom. The van der Waals surface area contributed by atoms with Gasteiger partial charge in [-0.2, -0.15) is 5.10 Å². The number of fused-ring (bicyclic) bond motifs is 1. The first kappa shape index (κ1) is 16.6. The largest absolute Gasteiger partial charge is 0.349 e. The molecule has 0 spiro atoms. The highest BCUT2D eigenvalue weighted by atomic mass is 16.2. The molecular weight excluding hydrogens is 304 g/mol. The van der Waals surface area contributed by atoms with Crippen molar-refractivity contribution in [3.8, 4) is 0 Å². The summed E-state index contributed by atoms with van der Waals surface area (Å²) in [4.78, 5) is 26.0. The highest BCUT2D eigenvalue weighted by molar-refractivity contribution is 6.39. The van der Waals surface area contributed by atoms with Gasteiger partial charge in [0.1, 0.15) is 5.71 Å². The summed E-state index contributed by atoms with van der Waals surface area (Å²) in [5.41, 5.74) is 3.24. The van der Waals surface area contributed by atoms with Gasteiger partial charge in [0.15, 0.2) is 0 Å². The minimum absolute atomic E-state index is 0.0492. The molecule has 0 aromatic heterocycles. The number of hydrazone groups is 1. The maximum Gasteiger partial charge on any atom is 0.267 e. The molecule has 1 N–H and O–H groups in total. The van der Waals surface area contributed by atoms with Crippen molar-refractivity contribution < 1.29 is 9.59 Å². The third-order valence-corrected chi connectivity index (χ3v) is 4.81. The van der Waals surface area contributed by atoms with E-state index in [0.29, 0.717) is 25.1 Å². The fraction of sp³-hybridized carbons (Fsp3) is 0.500. The molecule has 3 rings (SSSR count). The summed E-state index contributed by atoms with van der Waals surface area (Å²) >= 11 is 0. The Labute approximate surface area is 142 Å². The van der Waals surface area contributed by atoms with Crippen LogP contribution in [0.15, 0.2) is 29.4 Å². The third-order valence-electron chi connectivity index (χ3n) is 4.81. The average molecular weight is 328 g/mol. The number of amides is 2. The normalized spacial score (nSPS) is 19.5. The van der Waals surface area contributed by atoms with Crippen LogP contribution in [0.3, 0.4) is 0 Å². The Hall–Kier alpha value is -2.21. The van der Waals surface area contributed by atoms with E-state index in [2.05, 4.69) is 46.5 Å². The van der Waals surface area contributed by atoms with Crippen molar-refractivity contribution in [3.63, 3.8) is 0 Å². The fourth-order valence-corrected chi connectivity index (χ4v) is 3.20. The number of nitrogens with one attached hydrogen (secondary N) is 1. The molecular formula is C18H24N4O2. The lowest BCUT2D eigenvalue weighted by Crippen LogP contribution is -2.46. The molecule has 1 aromatic carbocycles. The fourth-order valence-electron chi connectivity index (χ4n) is 3.20. The molecule has 0 saturated carbocycles. The average Bonchev–Trinajstić information content (AvgIpc) is 2.61. The minimum atomic E-state index is -0.168.